The molecule has 0 atom stereocenters. The average Bonchev–Trinajstić information content (AvgIpc) is 2.83. The Kier molecular flexibility index (Phi) is 2.79. The zero-order valence-electron chi connectivity index (χ0n) is 10.5. The molecule has 0 radical (unpaired) electrons. The number of benzene rings is 1. The summed E-state index contributed by atoms with van der Waals surface area (Å²) >= 11 is 0. The summed E-state index contributed by atoms with van der Waals surface area (Å²) in [5.41, 5.74) is 3.01. The van der Waals surface area contributed by atoms with Crippen LogP contribution in [0.15, 0.2) is 42.6 Å². The summed E-state index contributed by atoms with van der Waals surface area (Å²) in [4.78, 5) is 4.44. The molecule has 96 valence electrons. The van der Waals surface area contributed by atoms with Gasteiger partial charge in [0.2, 0.25) is 5.95 Å². The number of phenols is 1. The summed E-state index contributed by atoms with van der Waals surface area (Å²) < 4.78 is 1.76. The summed E-state index contributed by atoms with van der Waals surface area (Å²) in [5, 5.41) is 16.7. The van der Waals surface area contributed by atoms with Gasteiger partial charge in [-0.15, -0.1) is 5.10 Å². The number of hydrogen-bond donors (Lipinski definition) is 2. The maximum atomic E-state index is 9.22. The lowest BCUT2D eigenvalue weighted by atomic mass is 10.2. The van der Waals surface area contributed by atoms with Gasteiger partial charge in [-0.05, 0) is 36.2 Å². The Balaban J connectivity index is 1.78. The predicted molar refractivity (Wildman–Crippen MR) is 73.2 cm³/mol. The van der Waals surface area contributed by atoms with Crippen LogP contribution in [-0.2, 0) is 6.54 Å². The molecule has 0 saturated heterocycles. The number of pyridine rings is 1. The van der Waals surface area contributed by atoms with Crippen molar-refractivity contribution in [3.63, 3.8) is 0 Å². The maximum absolute atomic E-state index is 9.22. The molecule has 5 heteroatoms. The van der Waals surface area contributed by atoms with Crippen molar-refractivity contribution in [2.45, 2.75) is 13.5 Å². The Morgan fingerprint density at radius 1 is 1.21 bits per heavy atom. The number of phenolic OH excluding ortho intramolecular Hbond substituents is 1. The third kappa shape index (κ3) is 2.35. The standard InChI is InChI=1S/C14H14N4O/c1-10-3-2-8-18-13(10)16-14(17-18)15-9-11-4-6-12(19)7-5-11/h2-8,19H,9H2,1H3,(H,15,17). The number of aryl methyl sites for hydroxylation is 1. The van der Waals surface area contributed by atoms with E-state index in [4.69, 9.17) is 0 Å². The topological polar surface area (TPSA) is 62.5 Å². The summed E-state index contributed by atoms with van der Waals surface area (Å²) in [6.07, 6.45) is 1.88. The molecular weight excluding hydrogens is 240 g/mol. The number of hydrogen-bond acceptors (Lipinski definition) is 4. The van der Waals surface area contributed by atoms with Gasteiger partial charge in [0.05, 0.1) is 0 Å². The van der Waals surface area contributed by atoms with Gasteiger partial charge in [-0.1, -0.05) is 18.2 Å². The maximum Gasteiger partial charge on any atom is 0.243 e. The van der Waals surface area contributed by atoms with E-state index in [0.29, 0.717) is 12.5 Å². The van der Waals surface area contributed by atoms with Gasteiger partial charge in [-0.2, -0.15) is 4.98 Å². The van der Waals surface area contributed by atoms with E-state index in [1.807, 2.05) is 37.4 Å². The fourth-order valence-electron chi connectivity index (χ4n) is 1.91. The molecule has 3 rings (SSSR count). The van der Waals surface area contributed by atoms with E-state index in [1.165, 1.54) is 0 Å². The van der Waals surface area contributed by atoms with Crippen molar-refractivity contribution >= 4 is 11.6 Å². The van der Waals surface area contributed by atoms with E-state index in [0.717, 1.165) is 16.8 Å². The van der Waals surface area contributed by atoms with Crippen LogP contribution in [0.1, 0.15) is 11.1 Å². The van der Waals surface area contributed by atoms with Gasteiger partial charge in [0.15, 0.2) is 5.65 Å². The number of fused-ring (bicyclic) bond motifs is 1. The number of nitrogens with zero attached hydrogens (tertiary/aromatic N) is 3. The van der Waals surface area contributed by atoms with Crippen LogP contribution < -0.4 is 5.32 Å². The largest absolute Gasteiger partial charge is 0.508 e. The Labute approximate surface area is 110 Å². The second kappa shape index (κ2) is 4.61. The van der Waals surface area contributed by atoms with Crippen molar-refractivity contribution in [2.75, 3.05) is 5.32 Å². The molecule has 0 aliphatic rings. The van der Waals surface area contributed by atoms with Crippen LogP contribution in [0.3, 0.4) is 0 Å². The van der Waals surface area contributed by atoms with Crippen LogP contribution in [0, 0.1) is 6.92 Å². The molecule has 0 fully saturated rings. The number of aromatic nitrogens is 3. The van der Waals surface area contributed by atoms with E-state index < -0.39 is 0 Å². The minimum atomic E-state index is 0.269. The monoisotopic (exact) mass is 254 g/mol. The Hall–Kier alpha value is -2.56. The lowest BCUT2D eigenvalue weighted by Gasteiger charge is -2.01. The molecule has 0 aliphatic carbocycles. The van der Waals surface area contributed by atoms with E-state index in [-0.39, 0.29) is 5.75 Å². The van der Waals surface area contributed by atoms with Gasteiger partial charge in [-0.25, -0.2) is 4.52 Å². The summed E-state index contributed by atoms with van der Waals surface area (Å²) in [6.45, 7) is 2.63. The Morgan fingerprint density at radius 3 is 2.74 bits per heavy atom. The van der Waals surface area contributed by atoms with Crippen LogP contribution in [0.4, 0.5) is 5.95 Å². The normalized spacial score (nSPS) is 10.8. The molecule has 0 bridgehead atoms. The molecule has 2 aromatic heterocycles. The average molecular weight is 254 g/mol. The molecule has 0 amide bonds. The summed E-state index contributed by atoms with van der Waals surface area (Å²) in [6, 6.07) is 11.0. The van der Waals surface area contributed by atoms with E-state index >= 15 is 0 Å². The lowest BCUT2D eigenvalue weighted by Crippen LogP contribution is -2.00. The van der Waals surface area contributed by atoms with Crippen molar-refractivity contribution in [3.05, 3.63) is 53.7 Å². The summed E-state index contributed by atoms with van der Waals surface area (Å²) in [7, 11) is 0. The number of anilines is 1. The Morgan fingerprint density at radius 2 is 2.00 bits per heavy atom. The van der Waals surface area contributed by atoms with E-state index in [9.17, 15) is 5.11 Å². The van der Waals surface area contributed by atoms with Crippen LogP contribution in [0.2, 0.25) is 0 Å². The lowest BCUT2D eigenvalue weighted by molar-refractivity contribution is 0.475. The van der Waals surface area contributed by atoms with Crippen LogP contribution in [-0.4, -0.2) is 19.7 Å². The highest BCUT2D eigenvalue weighted by Crippen LogP contribution is 2.13. The summed E-state index contributed by atoms with van der Waals surface area (Å²) in [5.74, 6) is 0.868. The van der Waals surface area contributed by atoms with Crippen molar-refractivity contribution in [1.29, 1.82) is 0 Å². The molecule has 19 heavy (non-hydrogen) atoms. The minimum Gasteiger partial charge on any atom is -0.508 e. The number of rotatable bonds is 3. The zero-order valence-corrected chi connectivity index (χ0v) is 10.5. The number of nitrogens with one attached hydrogen (secondary N) is 1. The van der Waals surface area contributed by atoms with E-state index in [2.05, 4.69) is 15.4 Å². The fraction of sp³-hybridized carbons (Fsp3) is 0.143. The molecule has 2 N–H and O–H groups in total. The molecule has 0 unspecified atom stereocenters. The van der Waals surface area contributed by atoms with Gasteiger partial charge >= 0.3 is 0 Å². The van der Waals surface area contributed by atoms with E-state index in [1.54, 1.807) is 16.6 Å². The van der Waals surface area contributed by atoms with Gasteiger partial charge in [0.1, 0.15) is 5.75 Å². The van der Waals surface area contributed by atoms with Gasteiger partial charge < -0.3 is 10.4 Å². The first-order valence-corrected chi connectivity index (χ1v) is 6.06. The molecule has 5 nitrogen and oxygen atoms in total. The molecule has 0 spiro atoms. The second-order valence-corrected chi connectivity index (χ2v) is 4.41. The van der Waals surface area contributed by atoms with Crippen LogP contribution >= 0.6 is 0 Å². The second-order valence-electron chi connectivity index (χ2n) is 4.41. The minimum absolute atomic E-state index is 0.269. The zero-order chi connectivity index (χ0) is 13.2. The smallest absolute Gasteiger partial charge is 0.243 e. The molecular formula is C14H14N4O. The highest BCUT2D eigenvalue weighted by atomic mass is 16.3. The van der Waals surface area contributed by atoms with Gasteiger partial charge in [0.25, 0.3) is 0 Å². The van der Waals surface area contributed by atoms with Crippen molar-refractivity contribution in [3.8, 4) is 5.75 Å². The molecule has 2 heterocycles. The van der Waals surface area contributed by atoms with Crippen molar-refractivity contribution in [1.82, 2.24) is 14.6 Å². The molecule has 1 aromatic carbocycles. The van der Waals surface area contributed by atoms with Crippen molar-refractivity contribution in [2.24, 2.45) is 0 Å². The number of aromatic hydroxyl groups is 1. The van der Waals surface area contributed by atoms with Gasteiger partial charge in [0, 0.05) is 12.7 Å². The fourth-order valence-corrected chi connectivity index (χ4v) is 1.91. The SMILES string of the molecule is Cc1cccn2nc(NCc3ccc(O)cc3)nc12. The predicted octanol–water partition coefficient (Wildman–Crippen LogP) is 2.36. The first-order valence-electron chi connectivity index (χ1n) is 6.06. The van der Waals surface area contributed by atoms with Crippen LogP contribution in [0.25, 0.3) is 5.65 Å². The molecule has 0 aliphatic heterocycles. The highest BCUT2D eigenvalue weighted by molar-refractivity contribution is 5.49. The molecule has 0 saturated carbocycles. The first-order chi connectivity index (χ1) is 9.22. The van der Waals surface area contributed by atoms with Crippen LogP contribution in [0.5, 0.6) is 5.75 Å². The third-order valence-corrected chi connectivity index (χ3v) is 2.94. The molecule has 3 aromatic rings. The van der Waals surface area contributed by atoms with Crippen molar-refractivity contribution < 1.29 is 5.11 Å². The highest BCUT2D eigenvalue weighted by Gasteiger charge is 2.04. The quantitative estimate of drug-likeness (QED) is 0.753. The third-order valence-electron chi connectivity index (χ3n) is 2.94. The Bertz CT molecular complexity index is 703. The first kappa shape index (κ1) is 11.5. The van der Waals surface area contributed by atoms with Gasteiger partial charge in [-0.3, -0.25) is 0 Å².